The lowest BCUT2D eigenvalue weighted by molar-refractivity contribution is -0.422. The van der Waals surface area contributed by atoms with Gasteiger partial charge in [0.05, 0.1) is 55.0 Å². The van der Waals surface area contributed by atoms with Gasteiger partial charge in [0, 0.05) is 24.9 Å². The molecule has 1 fully saturated rings. The zero-order valence-corrected chi connectivity index (χ0v) is 26.9. The fraction of sp³-hybridized carbons (Fsp3) is 0.441. The van der Waals surface area contributed by atoms with E-state index in [0.29, 0.717) is 39.3 Å². The predicted octanol–water partition coefficient (Wildman–Crippen LogP) is 6.68. The number of rotatable bonds is 15. The van der Waals surface area contributed by atoms with Crippen LogP contribution < -0.4 is 9.47 Å². The second-order valence-electron chi connectivity index (χ2n) is 12.1. The van der Waals surface area contributed by atoms with Crippen LogP contribution in [0.3, 0.4) is 0 Å². The summed E-state index contributed by atoms with van der Waals surface area (Å²) < 4.78 is 29.1. The van der Waals surface area contributed by atoms with Crippen molar-refractivity contribution < 1.29 is 38.3 Å². The molecule has 1 amide bonds. The van der Waals surface area contributed by atoms with E-state index in [0.717, 1.165) is 35.4 Å². The van der Waals surface area contributed by atoms with E-state index in [1.165, 1.54) is 6.07 Å². The molecule has 1 aliphatic heterocycles. The molecule has 0 saturated carbocycles. The van der Waals surface area contributed by atoms with Crippen molar-refractivity contribution in [1.29, 1.82) is 0 Å². The van der Waals surface area contributed by atoms with Gasteiger partial charge < -0.3 is 28.6 Å². The number of amides is 1. The van der Waals surface area contributed by atoms with Crippen LogP contribution >= 0.6 is 0 Å². The van der Waals surface area contributed by atoms with Gasteiger partial charge in [0.1, 0.15) is 23.7 Å². The third kappa shape index (κ3) is 10.9. The number of carbonyl (C=O) groups is 1. The van der Waals surface area contributed by atoms with Crippen molar-refractivity contribution in [3.05, 3.63) is 104 Å². The van der Waals surface area contributed by atoms with Crippen molar-refractivity contribution in [2.24, 2.45) is 0 Å². The minimum Gasteiger partial charge on any atom is -0.494 e. The molecule has 3 aromatic rings. The van der Waals surface area contributed by atoms with Crippen LogP contribution in [0.5, 0.6) is 11.5 Å². The molecule has 2 atom stereocenters. The van der Waals surface area contributed by atoms with Gasteiger partial charge in [-0.1, -0.05) is 42.5 Å². The molecule has 13 nitrogen and oxygen atoms in total. The Morgan fingerprint density at radius 1 is 0.851 bits per heavy atom. The summed E-state index contributed by atoms with van der Waals surface area (Å²) >= 11 is 0. The molecular formula is C34H41N3O10. The largest absolute Gasteiger partial charge is 0.494 e. The van der Waals surface area contributed by atoms with Crippen LogP contribution in [0.1, 0.15) is 50.7 Å². The molecule has 1 aliphatic rings. The summed E-state index contributed by atoms with van der Waals surface area (Å²) in [7, 11) is 0. The molecule has 2 unspecified atom stereocenters. The second-order valence-corrected chi connectivity index (χ2v) is 12.1. The molecule has 13 heteroatoms. The van der Waals surface area contributed by atoms with Gasteiger partial charge in [0.15, 0.2) is 0 Å². The monoisotopic (exact) mass is 651 g/mol. The normalized spacial score (nSPS) is 16.4. The first-order chi connectivity index (χ1) is 22.5. The van der Waals surface area contributed by atoms with Gasteiger partial charge in [-0.3, -0.25) is 20.2 Å². The van der Waals surface area contributed by atoms with E-state index in [9.17, 15) is 25.0 Å². The Kier molecular flexibility index (Phi) is 12.5. The van der Waals surface area contributed by atoms with Gasteiger partial charge in [-0.25, -0.2) is 4.79 Å². The summed E-state index contributed by atoms with van der Waals surface area (Å²) in [5.41, 5.74) is 0.249. The number of likely N-dealkylation sites (tertiary alicyclic amines) is 1. The first kappa shape index (κ1) is 35.1. The Morgan fingerprint density at radius 3 is 2.21 bits per heavy atom. The predicted molar refractivity (Wildman–Crippen MR) is 173 cm³/mol. The molecule has 0 radical (unpaired) electrons. The number of nitro benzene ring substituents is 2. The van der Waals surface area contributed by atoms with Gasteiger partial charge in [-0.15, -0.1) is 0 Å². The number of carbonyl (C=O) groups excluding carboxylic acids is 1. The second kappa shape index (κ2) is 16.7. The van der Waals surface area contributed by atoms with E-state index in [-0.39, 0.29) is 31.0 Å². The van der Waals surface area contributed by atoms with Crippen LogP contribution in [0, 0.1) is 20.2 Å². The van der Waals surface area contributed by atoms with Gasteiger partial charge in [-0.2, -0.15) is 0 Å². The lowest BCUT2D eigenvalue weighted by Gasteiger charge is -2.39. The summed E-state index contributed by atoms with van der Waals surface area (Å²) in [5.74, 6) is 0.820. The molecule has 1 heterocycles. The minimum atomic E-state index is -0.822. The number of benzene rings is 3. The number of hydrogen-bond donors (Lipinski definition) is 0. The number of hydrogen-bond acceptors (Lipinski definition) is 10. The molecule has 0 N–H and O–H groups in total. The Balaban J connectivity index is 1.32. The molecular weight excluding hydrogens is 610 g/mol. The maximum absolute atomic E-state index is 12.9. The van der Waals surface area contributed by atoms with E-state index in [1.54, 1.807) is 4.90 Å². The van der Waals surface area contributed by atoms with Crippen molar-refractivity contribution in [3.63, 3.8) is 0 Å². The first-order valence-corrected chi connectivity index (χ1v) is 15.5. The molecule has 252 valence electrons. The van der Waals surface area contributed by atoms with Crippen LogP contribution in [0.4, 0.5) is 16.2 Å². The molecule has 47 heavy (non-hydrogen) atoms. The Bertz CT molecular complexity index is 1480. The molecule has 0 bridgehead atoms. The summed E-state index contributed by atoms with van der Waals surface area (Å²) in [6.07, 6.45) is 0.580. The highest BCUT2D eigenvalue weighted by Gasteiger charge is 2.35. The van der Waals surface area contributed by atoms with Gasteiger partial charge in [-0.05, 0) is 56.5 Å². The van der Waals surface area contributed by atoms with Crippen LogP contribution in [0.25, 0.3) is 0 Å². The van der Waals surface area contributed by atoms with Crippen LogP contribution in [-0.4, -0.2) is 72.1 Å². The SMILES string of the molecule is CC(C)(C)OC(=O)N1CCC(c2ccc(OCCCOCc3ccccc3)cc2)C(OCCOc2ccc([N+](=O)[O-])c([N+](=O)[O-])c2)C1. The van der Waals surface area contributed by atoms with E-state index in [1.807, 2.05) is 75.4 Å². The summed E-state index contributed by atoms with van der Waals surface area (Å²) in [5, 5.41) is 22.4. The summed E-state index contributed by atoms with van der Waals surface area (Å²) in [6, 6.07) is 21.2. The number of piperidine rings is 1. The Hall–Kier alpha value is -4.75. The van der Waals surface area contributed by atoms with Crippen molar-refractivity contribution in [1.82, 2.24) is 4.90 Å². The van der Waals surface area contributed by atoms with Crippen LogP contribution in [0.15, 0.2) is 72.8 Å². The summed E-state index contributed by atoms with van der Waals surface area (Å²) in [4.78, 5) is 35.2. The Morgan fingerprint density at radius 2 is 1.53 bits per heavy atom. The molecule has 3 aromatic carbocycles. The Labute approximate surface area is 273 Å². The maximum Gasteiger partial charge on any atom is 0.410 e. The number of nitrogens with zero attached hydrogens (tertiary/aromatic N) is 3. The van der Waals surface area contributed by atoms with Crippen molar-refractivity contribution in [3.8, 4) is 11.5 Å². The van der Waals surface area contributed by atoms with Crippen molar-refractivity contribution in [2.75, 3.05) is 39.5 Å². The van der Waals surface area contributed by atoms with Gasteiger partial charge in [0.2, 0.25) is 0 Å². The fourth-order valence-electron chi connectivity index (χ4n) is 5.14. The van der Waals surface area contributed by atoms with E-state index >= 15 is 0 Å². The quantitative estimate of drug-likeness (QED) is 0.0988. The molecule has 0 aromatic heterocycles. The zero-order chi connectivity index (χ0) is 33.8. The molecule has 1 saturated heterocycles. The smallest absolute Gasteiger partial charge is 0.410 e. The molecule has 4 rings (SSSR count). The molecule has 0 aliphatic carbocycles. The topological polar surface area (TPSA) is 153 Å². The fourth-order valence-corrected chi connectivity index (χ4v) is 5.14. The van der Waals surface area contributed by atoms with E-state index in [2.05, 4.69) is 0 Å². The zero-order valence-electron chi connectivity index (χ0n) is 26.9. The average molecular weight is 652 g/mol. The highest BCUT2D eigenvalue weighted by atomic mass is 16.6. The van der Waals surface area contributed by atoms with Crippen LogP contribution in [0.2, 0.25) is 0 Å². The number of ether oxygens (including phenoxy) is 5. The third-order valence-electron chi connectivity index (χ3n) is 7.36. The maximum atomic E-state index is 12.9. The van der Waals surface area contributed by atoms with Crippen LogP contribution in [-0.2, 0) is 20.8 Å². The minimum absolute atomic E-state index is 0.0328. The van der Waals surface area contributed by atoms with E-state index in [4.69, 9.17) is 23.7 Å². The first-order valence-electron chi connectivity index (χ1n) is 15.5. The highest BCUT2D eigenvalue weighted by Crippen LogP contribution is 2.33. The highest BCUT2D eigenvalue weighted by molar-refractivity contribution is 5.68. The standard InChI is InChI=1S/C34H41N3O10/c1-34(2,3)47-33(38)35-17-16-29(26-10-12-27(13-11-26)44-19-7-18-43-24-25-8-5-4-6-9-25)32(23-35)46-21-20-45-28-14-15-30(36(39)40)31(22-28)37(41)42/h4-6,8-15,22,29,32H,7,16-21,23-24H2,1-3H3. The number of nitro groups is 2. The molecule has 0 spiro atoms. The lowest BCUT2D eigenvalue weighted by atomic mass is 9.87. The van der Waals surface area contributed by atoms with Gasteiger partial charge in [0.25, 0.3) is 0 Å². The average Bonchev–Trinajstić information content (AvgIpc) is 3.04. The van der Waals surface area contributed by atoms with E-state index < -0.39 is 32.9 Å². The van der Waals surface area contributed by atoms with Crippen molar-refractivity contribution >= 4 is 17.5 Å². The summed E-state index contributed by atoms with van der Waals surface area (Å²) in [6.45, 7) is 8.05. The van der Waals surface area contributed by atoms with Gasteiger partial charge >= 0.3 is 17.5 Å². The third-order valence-corrected chi connectivity index (χ3v) is 7.36. The van der Waals surface area contributed by atoms with Crippen molar-refractivity contribution in [2.45, 2.75) is 57.8 Å². The lowest BCUT2D eigenvalue weighted by Crippen LogP contribution is -2.48.